The molecule has 1 saturated heterocycles. The van der Waals surface area contributed by atoms with Crippen LogP contribution in [0.15, 0.2) is 18.2 Å². The van der Waals surface area contributed by atoms with Gasteiger partial charge in [-0.1, -0.05) is 0 Å². The SMILES string of the molecule is COc1ccc2nc(CCN3CCCC3)[nH]c2c1. The average Bonchev–Trinajstić information content (AvgIpc) is 3.04. The highest BCUT2D eigenvalue weighted by Gasteiger charge is 2.12. The number of benzene rings is 1. The number of aromatic amines is 1. The maximum Gasteiger partial charge on any atom is 0.121 e. The van der Waals surface area contributed by atoms with E-state index >= 15 is 0 Å². The fourth-order valence-corrected chi connectivity index (χ4v) is 2.56. The number of hydrogen-bond acceptors (Lipinski definition) is 3. The van der Waals surface area contributed by atoms with E-state index in [2.05, 4.69) is 14.9 Å². The first-order chi connectivity index (χ1) is 8.85. The Morgan fingerprint density at radius 1 is 1.33 bits per heavy atom. The molecule has 0 bridgehead atoms. The molecule has 1 fully saturated rings. The van der Waals surface area contributed by atoms with Crippen molar-refractivity contribution in [2.45, 2.75) is 19.3 Å². The average molecular weight is 245 g/mol. The van der Waals surface area contributed by atoms with Crippen LogP contribution in [0.5, 0.6) is 5.75 Å². The van der Waals surface area contributed by atoms with Crippen LogP contribution < -0.4 is 4.74 Å². The highest BCUT2D eigenvalue weighted by atomic mass is 16.5. The minimum Gasteiger partial charge on any atom is -0.497 e. The summed E-state index contributed by atoms with van der Waals surface area (Å²) in [5.74, 6) is 1.95. The van der Waals surface area contributed by atoms with Gasteiger partial charge in [-0.15, -0.1) is 0 Å². The van der Waals surface area contributed by atoms with Crippen LogP contribution in [0.25, 0.3) is 11.0 Å². The molecule has 0 unspecified atom stereocenters. The molecular weight excluding hydrogens is 226 g/mol. The molecule has 0 aliphatic carbocycles. The van der Waals surface area contributed by atoms with E-state index in [1.165, 1.54) is 25.9 Å². The van der Waals surface area contributed by atoms with Crippen LogP contribution in [-0.4, -0.2) is 41.6 Å². The Hall–Kier alpha value is -1.55. The number of hydrogen-bond donors (Lipinski definition) is 1. The maximum atomic E-state index is 5.22. The van der Waals surface area contributed by atoms with Crippen LogP contribution in [-0.2, 0) is 6.42 Å². The van der Waals surface area contributed by atoms with Crippen LogP contribution in [0.1, 0.15) is 18.7 Å². The van der Waals surface area contributed by atoms with Crippen molar-refractivity contribution in [3.05, 3.63) is 24.0 Å². The number of nitrogens with one attached hydrogen (secondary N) is 1. The topological polar surface area (TPSA) is 41.1 Å². The number of H-pyrrole nitrogens is 1. The van der Waals surface area contributed by atoms with Crippen LogP contribution in [0, 0.1) is 0 Å². The van der Waals surface area contributed by atoms with Crippen LogP contribution in [0.2, 0.25) is 0 Å². The fourth-order valence-electron chi connectivity index (χ4n) is 2.56. The van der Waals surface area contributed by atoms with Crippen molar-refractivity contribution in [1.82, 2.24) is 14.9 Å². The molecule has 1 N–H and O–H groups in total. The van der Waals surface area contributed by atoms with Crippen molar-refractivity contribution >= 4 is 11.0 Å². The first-order valence-corrected chi connectivity index (χ1v) is 6.60. The Morgan fingerprint density at radius 2 is 2.17 bits per heavy atom. The molecule has 1 aromatic carbocycles. The number of ether oxygens (including phenoxy) is 1. The molecule has 0 spiro atoms. The lowest BCUT2D eigenvalue weighted by Gasteiger charge is -2.12. The first kappa shape index (κ1) is 11.5. The summed E-state index contributed by atoms with van der Waals surface area (Å²) in [5.41, 5.74) is 2.08. The van der Waals surface area contributed by atoms with Gasteiger partial charge in [0.25, 0.3) is 0 Å². The van der Waals surface area contributed by atoms with E-state index in [0.29, 0.717) is 0 Å². The molecule has 96 valence electrons. The van der Waals surface area contributed by atoms with Crippen molar-refractivity contribution < 1.29 is 4.74 Å². The molecule has 3 rings (SSSR count). The molecule has 0 amide bonds. The molecule has 4 heteroatoms. The van der Waals surface area contributed by atoms with E-state index in [4.69, 9.17) is 4.74 Å². The fraction of sp³-hybridized carbons (Fsp3) is 0.500. The molecule has 1 aromatic heterocycles. The number of likely N-dealkylation sites (tertiary alicyclic amines) is 1. The number of aromatic nitrogens is 2. The third-order valence-electron chi connectivity index (χ3n) is 3.60. The molecule has 1 aliphatic rings. The lowest BCUT2D eigenvalue weighted by atomic mass is 10.3. The second-order valence-corrected chi connectivity index (χ2v) is 4.87. The van der Waals surface area contributed by atoms with Crippen molar-refractivity contribution in [3.63, 3.8) is 0 Å². The van der Waals surface area contributed by atoms with Gasteiger partial charge in [0, 0.05) is 19.0 Å². The second kappa shape index (κ2) is 4.98. The first-order valence-electron chi connectivity index (χ1n) is 6.60. The van der Waals surface area contributed by atoms with Crippen molar-refractivity contribution in [1.29, 1.82) is 0 Å². The molecular formula is C14H19N3O. The highest BCUT2D eigenvalue weighted by Crippen LogP contribution is 2.19. The summed E-state index contributed by atoms with van der Waals surface area (Å²) in [6.07, 6.45) is 3.69. The van der Waals surface area contributed by atoms with Crippen molar-refractivity contribution in [3.8, 4) is 5.75 Å². The Labute approximate surface area is 107 Å². The summed E-state index contributed by atoms with van der Waals surface area (Å²) in [7, 11) is 1.69. The number of methoxy groups -OCH3 is 1. The Kier molecular flexibility index (Phi) is 3.19. The van der Waals surface area contributed by atoms with Crippen LogP contribution in [0.3, 0.4) is 0 Å². The van der Waals surface area contributed by atoms with Gasteiger partial charge in [0.15, 0.2) is 0 Å². The van der Waals surface area contributed by atoms with Gasteiger partial charge in [-0.25, -0.2) is 4.98 Å². The highest BCUT2D eigenvalue weighted by molar-refractivity contribution is 5.76. The normalized spacial score (nSPS) is 16.5. The van der Waals surface area contributed by atoms with Gasteiger partial charge in [0.05, 0.1) is 18.1 Å². The van der Waals surface area contributed by atoms with Crippen LogP contribution >= 0.6 is 0 Å². The van der Waals surface area contributed by atoms with Crippen molar-refractivity contribution in [2.24, 2.45) is 0 Å². The summed E-state index contributed by atoms with van der Waals surface area (Å²) in [4.78, 5) is 10.5. The standard InChI is InChI=1S/C14H19N3O/c1-18-11-4-5-12-13(10-11)16-14(15-12)6-9-17-7-2-3-8-17/h4-5,10H,2-3,6-9H2,1H3,(H,15,16). The lowest BCUT2D eigenvalue weighted by molar-refractivity contribution is 0.341. The van der Waals surface area contributed by atoms with Gasteiger partial charge in [-0.3, -0.25) is 0 Å². The minimum atomic E-state index is 0.872. The zero-order valence-corrected chi connectivity index (χ0v) is 10.8. The van der Waals surface area contributed by atoms with E-state index in [9.17, 15) is 0 Å². The quantitative estimate of drug-likeness (QED) is 0.898. The number of imidazole rings is 1. The monoisotopic (exact) mass is 245 g/mol. The lowest BCUT2D eigenvalue weighted by Crippen LogP contribution is -2.22. The van der Waals surface area contributed by atoms with E-state index in [1.54, 1.807) is 7.11 Å². The number of rotatable bonds is 4. The summed E-state index contributed by atoms with van der Waals surface area (Å²) in [5, 5.41) is 0. The minimum absolute atomic E-state index is 0.872. The van der Waals surface area contributed by atoms with Gasteiger partial charge >= 0.3 is 0 Å². The third kappa shape index (κ3) is 2.34. The summed E-state index contributed by atoms with van der Waals surface area (Å²) >= 11 is 0. The molecule has 1 aliphatic heterocycles. The van der Waals surface area contributed by atoms with Gasteiger partial charge in [-0.05, 0) is 38.1 Å². The predicted octanol–water partition coefficient (Wildman–Crippen LogP) is 2.21. The van der Waals surface area contributed by atoms with Gasteiger partial charge < -0.3 is 14.6 Å². The third-order valence-corrected chi connectivity index (χ3v) is 3.60. The van der Waals surface area contributed by atoms with Crippen molar-refractivity contribution in [2.75, 3.05) is 26.7 Å². The maximum absolute atomic E-state index is 5.22. The largest absolute Gasteiger partial charge is 0.497 e. The molecule has 2 heterocycles. The Morgan fingerprint density at radius 3 is 2.94 bits per heavy atom. The zero-order chi connectivity index (χ0) is 12.4. The van der Waals surface area contributed by atoms with Crippen LogP contribution in [0.4, 0.5) is 0 Å². The van der Waals surface area contributed by atoms with E-state index in [0.717, 1.165) is 35.6 Å². The number of fused-ring (bicyclic) bond motifs is 1. The smallest absolute Gasteiger partial charge is 0.121 e. The molecule has 2 aromatic rings. The van der Waals surface area contributed by atoms with E-state index in [-0.39, 0.29) is 0 Å². The van der Waals surface area contributed by atoms with Gasteiger partial charge in [0.1, 0.15) is 11.6 Å². The summed E-state index contributed by atoms with van der Waals surface area (Å²) in [6, 6.07) is 5.96. The van der Waals surface area contributed by atoms with Gasteiger partial charge in [0.2, 0.25) is 0 Å². The Balaban J connectivity index is 1.72. The summed E-state index contributed by atoms with van der Waals surface area (Å²) in [6.45, 7) is 3.60. The zero-order valence-electron chi connectivity index (χ0n) is 10.8. The molecule has 0 saturated carbocycles. The van der Waals surface area contributed by atoms with Gasteiger partial charge in [-0.2, -0.15) is 0 Å². The van der Waals surface area contributed by atoms with E-state index in [1.807, 2.05) is 18.2 Å². The molecule has 18 heavy (non-hydrogen) atoms. The molecule has 0 radical (unpaired) electrons. The number of nitrogens with zero attached hydrogens (tertiary/aromatic N) is 2. The molecule has 4 nitrogen and oxygen atoms in total. The second-order valence-electron chi connectivity index (χ2n) is 4.87. The Bertz CT molecular complexity index is 529. The summed E-state index contributed by atoms with van der Waals surface area (Å²) < 4.78 is 5.22. The predicted molar refractivity (Wildman–Crippen MR) is 72.0 cm³/mol. The molecule has 0 atom stereocenters. The van der Waals surface area contributed by atoms with E-state index < -0.39 is 0 Å².